The van der Waals surface area contributed by atoms with Crippen LogP contribution in [0.3, 0.4) is 0 Å². The van der Waals surface area contributed by atoms with Gasteiger partial charge in [0.15, 0.2) is 5.43 Å². The molecule has 2 aromatic carbocycles. The number of aromatic nitrogens is 3. The van der Waals surface area contributed by atoms with Crippen molar-refractivity contribution in [1.29, 1.82) is 0 Å². The number of hydrogen-bond donors (Lipinski definition) is 1. The number of nitrogens with one attached hydrogen (secondary N) is 1. The third-order valence-electron chi connectivity index (χ3n) is 5.91. The van der Waals surface area contributed by atoms with Crippen molar-refractivity contribution in [3.63, 3.8) is 0 Å². The van der Waals surface area contributed by atoms with Gasteiger partial charge in [0.2, 0.25) is 0 Å². The molecule has 0 radical (unpaired) electrons. The molecule has 9 nitrogen and oxygen atoms in total. The Morgan fingerprint density at radius 1 is 1.12 bits per heavy atom. The average Bonchev–Trinajstić information content (AvgIpc) is 3.47. The van der Waals surface area contributed by atoms with E-state index in [-0.39, 0.29) is 11.5 Å². The summed E-state index contributed by atoms with van der Waals surface area (Å²) >= 11 is 0. The topological polar surface area (TPSA) is 106 Å². The van der Waals surface area contributed by atoms with Gasteiger partial charge in [-0.1, -0.05) is 12.1 Å². The van der Waals surface area contributed by atoms with Gasteiger partial charge in [0, 0.05) is 55.0 Å². The lowest BCUT2D eigenvalue weighted by atomic mass is 10.1. The number of nitrogens with zero attached hydrogens (tertiary/aromatic N) is 4. The minimum absolute atomic E-state index is 0.213. The quantitative estimate of drug-likeness (QED) is 0.484. The first-order valence-electron chi connectivity index (χ1n) is 10.5. The number of anilines is 1. The minimum atomic E-state index is -3.80. The summed E-state index contributed by atoms with van der Waals surface area (Å²) in [6.45, 7) is 0.788. The summed E-state index contributed by atoms with van der Waals surface area (Å²) in [6.07, 6.45) is 5.87. The molecule has 33 heavy (non-hydrogen) atoms. The molecule has 1 fully saturated rings. The van der Waals surface area contributed by atoms with E-state index >= 15 is 0 Å². The molecule has 1 atom stereocenters. The standard InChI is InChI=1S/C23H23N5O4S/c1-24-33(30,31)28(19-7-8-32-14-19)18-5-3-15-4-6-22-21(23(29)20(15)10-18)9-16(11-25-22)17-12-26-27(2)13-17/h3-6,9-13,19,24H,7-8,14H2,1-2H3/t19-/m0/s1. The van der Waals surface area contributed by atoms with E-state index in [1.54, 1.807) is 47.4 Å². The van der Waals surface area contributed by atoms with Gasteiger partial charge < -0.3 is 4.74 Å². The number of fused-ring (bicyclic) bond motifs is 2. The van der Waals surface area contributed by atoms with Crippen LogP contribution in [0.25, 0.3) is 32.8 Å². The third-order valence-corrected chi connectivity index (χ3v) is 7.46. The Balaban J connectivity index is 1.73. The molecule has 3 heterocycles. The molecule has 0 amide bonds. The van der Waals surface area contributed by atoms with Crippen LogP contribution in [0.5, 0.6) is 0 Å². The maximum atomic E-state index is 13.6. The number of aryl methyl sites for hydroxylation is 1. The second-order valence-electron chi connectivity index (χ2n) is 8.02. The highest BCUT2D eigenvalue weighted by atomic mass is 32.2. The van der Waals surface area contributed by atoms with E-state index in [2.05, 4.69) is 14.8 Å². The molecule has 0 aliphatic carbocycles. The van der Waals surface area contributed by atoms with Crippen molar-refractivity contribution in [1.82, 2.24) is 19.5 Å². The van der Waals surface area contributed by atoms with Crippen molar-refractivity contribution in [3.05, 3.63) is 65.2 Å². The average molecular weight is 466 g/mol. The summed E-state index contributed by atoms with van der Waals surface area (Å²) in [5.74, 6) is 0. The molecular formula is C23H23N5O4S. The van der Waals surface area contributed by atoms with E-state index in [1.165, 1.54) is 11.4 Å². The van der Waals surface area contributed by atoms with E-state index in [0.717, 1.165) is 11.1 Å². The lowest BCUT2D eigenvalue weighted by molar-refractivity contribution is 0.194. The number of ether oxygens (including phenoxy) is 1. The Labute approximate surface area is 190 Å². The highest BCUT2D eigenvalue weighted by Crippen LogP contribution is 2.28. The number of rotatable bonds is 5. The fourth-order valence-corrected chi connectivity index (χ4v) is 5.35. The van der Waals surface area contributed by atoms with Crippen molar-refractivity contribution >= 4 is 37.6 Å². The normalized spacial score (nSPS) is 16.5. The van der Waals surface area contributed by atoms with Crippen LogP contribution >= 0.6 is 0 Å². The van der Waals surface area contributed by atoms with Crippen LogP contribution < -0.4 is 14.5 Å². The second-order valence-corrected chi connectivity index (χ2v) is 9.77. The van der Waals surface area contributed by atoms with E-state index < -0.39 is 10.2 Å². The molecule has 10 heteroatoms. The summed E-state index contributed by atoms with van der Waals surface area (Å²) in [4.78, 5) is 18.1. The molecule has 0 bridgehead atoms. The Kier molecular flexibility index (Phi) is 5.35. The number of hydrogen-bond acceptors (Lipinski definition) is 6. The predicted octanol–water partition coefficient (Wildman–Crippen LogP) is 2.21. The van der Waals surface area contributed by atoms with Gasteiger partial charge in [0.25, 0.3) is 0 Å². The molecule has 4 aromatic rings. The van der Waals surface area contributed by atoms with Crippen molar-refractivity contribution < 1.29 is 13.2 Å². The fraction of sp³-hybridized carbons (Fsp3) is 0.261. The summed E-state index contributed by atoms with van der Waals surface area (Å²) < 4.78 is 36.5. The van der Waals surface area contributed by atoms with Crippen LogP contribution in [0.1, 0.15) is 6.42 Å². The molecular weight excluding hydrogens is 442 g/mol. The Morgan fingerprint density at radius 3 is 2.64 bits per heavy atom. The first-order chi connectivity index (χ1) is 15.9. The van der Waals surface area contributed by atoms with Gasteiger partial charge >= 0.3 is 10.2 Å². The van der Waals surface area contributed by atoms with Crippen molar-refractivity contribution in [2.45, 2.75) is 12.5 Å². The smallest absolute Gasteiger partial charge is 0.301 e. The zero-order valence-electron chi connectivity index (χ0n) is 18.2. The highest BCUT2D eigenvalue weighted by Gasteiger charge is 2.32. The van der Waals surface area contributed by atoms with Crippen molar-refractivity contribution in [2.75, 3.05) is 24.6 Å². The first-order valence-corrected chi connectivity index (χ1v) is 12.0. The van der Waals surface area contributed by atoms with E-state index in [1.807, 2.05) is 19.3 Å². The maximum Gasteiger partial charge on any atom is 0.301 e. The van der Waals surface area contributed by atoms with Gasteiger partial charge in [0.1, 0.15) is 0 Å². The maximum absolute atomic E-state index is 13.6. The summed E-state index contributed by atoms with van der Waals surface area (Å²) in [5, 5.41) is 5.77. The molecule has 2 aromatic heterocycles. The van der Waals surface area contributed by atoms with Gasteiger partial charge in [-0.15, -0.1) is 0 Å². The van der Waals surface area contributed by atoms with Gasteiger partial charge in [-0.05, 0) is 36.1 Å². The monoisotopic (exact) mass is 465 g/mol. The van der Waals surface area contributed by atoms with Crippen LogP contribution in [-0.4, -0.2) is 49.5 Å². The van der Waals surface area contributed by atoms with Crippen LogP contribution in [0, 0.1) is 0 Å². The Morgan fingerprint density at radius 2 is 1.94 bits per heavy atom. The van der Waals surface area contributed by atoms with Gasteiger partial charge in [-0.2, -0.15) is 13.5 Å². The van der Waals surface area contributed by atoms with Crippen LogP contribution in [0.4, 0.5) is 5.69 Å². The van der Waals surface area contributed by atoms with E-state index in [4.69, 9.17) is 4.74 Å². The largest absolute Gasteiger partial charge is 0.379 e. The molecule has 5 rings (SSSR count). The minimum Gasteiger partial charge on any atom is -0.379 e. The van der Waals surface area contributed by atoms with Crippen LogP contribution in [0.2, 0.25) is 0 Å². The highest BCUT2D eigenvalue weighted by molar-refractivity contribution is 7.90. The lowest BCUT2D eigenvalue weighted by Gasteiger charge is -2.28. The van der Waals surface area contributed by atoms with Gasteiger partial charge in [-0.3, -0.25) is 18.8 Å². The molecule has 0 saturated carbocycles. The zero-order valence-corrected chi connectivity index (χ0v) is 19.0. The Hall–Kier alpha value is -3.34. The molecule has 0 unspecified atom stereocenters. The summed E-state index contributed by atoms with van der Waals surface area (Å²) in [5.41, 5.74) is 2.41. The van der Waals surface area contributed by atoms with E-state index in [9.17, 15) is 13.2 Å². The van der Waals surface area contributed by atoms with Gasteiger partial charge in [0.05, 0.1) is 30.0 Å². The first kappa shape index (κ1) is 21.5. The summed E-state index contributed by atoms with van der Waals surface area (Å²) in [6, 6.07) is 10.2. The van der Waals surface area contributed by atoms with E-state index in [0.29, 0.717) is 47.0 Å². The Bertz CT molecular complexity index is 1530. The molecule has 1 saturated heterocycles. The molecule has 170 valence electrons. The zero-order chi connectivity index (χ0) is 23.2. The molecule has 1 aliphatic rings. The molecule has 1 aliphatic heterocycles. The molecule has 1 N–H and O–H groups in total. The SMILES string of the molecule is CNS(=O)(=O)N(c1ccc2ccc3ncc(-c4cnn(C)c4)cc3c(=O)c2c1)[C@H]1CCOC1. The lowest BCUT2D eigenvalue weighted by Crippen LogP contribution is -2.46. The summed E-state index contributed by atoms with van der Waals surface area (Å²) in [7, 11) is -0.600. The van der Waals surface area contributed by atoms with Crippen molar-refractivity contribution in [3.8, 4) is 11.1 Å². The number of pyridine rings is 1. The second kappa shape index (κ2) is 8.22. The fourth-order valence-electron chi connectivity index (χ4n) is 4.21. The predicted molar refractivity (Wildman–Crippen MR) is 127 cm³/mol. The van der Waals surface area contributed by atoms with Crippen molar-refractivity contribution in [2.24, 2.45) is 7.05 Å². The molecule has 0 spiro atoms. The third kappa shape index (κ3) is 3.86. The number of benzene rings is 1. The van der Waals surface area contributed by atoms with Crippen LogP contribution in [-0.2, 0) is 22.0 Å². The van der Waals surface area contributed by atoms with Crippen LogP contribution in [0.15, 0.2) is 59.8 Å². The van der Waals surface area contributed by atoms with Gasteiger partial charge in [-0.25, -0.2) is 4.72 Å².